The summed E-state index contributed by atoms with van der Waals surface area (Å²) >= 11 is 1.50. The van der Waals surface area contributed by atoms with Crippen molar-refractivity contribution in [2.45, 2.75) is 25.8 Å². The fraction of sp³-hybridized carbons (Fsp3) is 0.211. The quantitative estimate of drug-likeness (QED) is 0.708. The Morgan fingerprint density at radius 3 is 2.48 bits per heavy atom. The van der Waals surface area contributed by atoms with Crippen molar-refractivity contribution in [1.29, 1.82) is 0 Å². The molecule has 1 aromatic carbocycles. The Labute approximate surface area is 158 Å². The number of hydrogen-bond acceptors (Lipinski definition) is 4. The lowest BCUT2D eigenvalue weighted by Crippen LogP contribution is -2.33. The van der Waals surface area contributed by atoms with Crippen LogP contribution in [0.2, 0.25) is 0 Å². The van der Waals surface area contributed by atoms with E-state index in [2.05, 4.69) is 10.4 Å². The molecule has 0 radical (unpaired) electrons. The summed E-state index contributed by atoms with van der Waals surface area (Å²) in [5.74, 6) is -3.42. The van der Waals surface area contributed by atoms with Crippen LogP contribution in [0.25, 0.3) is 11.3 Å². The zero-order valence-corrected chi connectivity index (χ0v) is 15.5. The van der Waals surface area contributed by atoms with Crippen molar-refractivity contribution in [3.8, 4) is 11.3 Å². The third-order valence-electron chi connectivity index (χ3n) is 4.05. The van der Waals surface area contributed by atoms with Crippen molar-refractivity contribution in [2.24, 2.45) is 0 Å². The minimum absolute atomic E-state index is 0.144. The van der Waals surface area contributed by atoms with Crippen molar-refractivity contribution >= 4 is 22.9 Å². The average Bonchev–Trinajstić information content (AvgIpc) is 3.16. The molecular formula is C19H17F2N3O2S. The number of carbonyl (C=O) groups is 1. The van der Waals surface area contributed by atoms with Gasteiger partial charge in [-0.15, -0.1) is 0 Å². The standard InChI is InChI=1S/C19H17F2N3O2S/c1-12(18(26)22-15-5-3-14(4-6-15)19(2,20)21)24-17(25)8-7-16(23-24)13-9-10-27-11-13/h3-12H,1-2H3,(H,22,26). The number of hydrogen-bond donors (Lipinski definition) is 1. The van der Waals surface area contributed by atoms with Gasteiger partial charge in [-0.05, 0) is 36.6 Å². The molecule has 27 heavy (non-hydrogen) atoms. The van der Waals surface area contributed by atoms with Gasteiger partial charge < -0.3 is 5.32 Å². The first-order valence-corrected chi connectivity index (χ1v) is 9.11. The number of halogens is 2. The zero-order valence-electron chi connectivity index (χ0n) is 14.6. The highest BCUT2D eigenvalue weighted by molar-refractivity contribution is 7.08. The van der Waals surface area contributed by atoms with Crippen LogP contribution in [-0.4, -0.2) is 15.7 Å². The van der Waals surface area contributed by atoms with Gasteiger partial charge in [-0.25, -0.2) is 13.5 Å². The van der Waals surface area contributed by atoms with E-state index in [1.54, 1.807) is 13.0 Å². The topological polar surface area (TPSA) is 64.0 Å². The number of nitrogens with one attached hydrogen (secondary N) is 1. The summed E-state index contributed by atoms with van der Waals surface area (Å²) in [4.78, 5) is 24.6. The van der Waals surface area contributed by atoms with Crippen LogP contribution < -0.4 is 10.9 Å². The second kappa shape index (κ2) is 7.40. The molecule has 3 rings (SSSR count). The monoisotopic (exact) mass is 389 g/mol. The summed E-state index contributed by atoms with van der Waals surface area (Å²) in [6.07, 6.45) is 0. The van der Waals surface area contributed by atoms with Crippen molar-refractivity contribution in [3.05, 3.63) is 69.1 Å². The number of aromatic nitrogens is 2. The number of alkyl halides is 2. The predicted molar refractivity (Wildman–Crippen MR) is 101 cm³/mol. The van der Waals surface area contributed by atoms with E-state index in [-0.39, 0.29) is 5.56 Å². The Morgan fingerprint density at radius 2 is 1.89 bits per heavy atom. The Kier molecular flexibility index (Phi) is 5.18. The molecule has 140 valence electrons. The van der Waals surface area contributed by atoms with Crippen LogP contribution in [0.5, 0.6) is 0 Å². The van der Waals surface area contributed by atoms with Crippen LogP contribution in [-0.2, 0) is 10.7 Å². The highest BCUT2D eigenvalue weighted by Gasteiger charge is 2.24. The van der Waals surface area contributed by atoms with E-state index in [0.717, 1.165) is 17.2 Å². The van der Waals surface area contributed by atoms with E-state index in [0.29, 0.717) is 11.4 Å². The van der Waals surface area contributed by atoms with Crippen LogP contribution in [0, 0.1) is 0 Å². The van der Waals surface area contributed by atoms with Gasteiger partial charge in [0.05, 0.1) is 5.69 Å². The minimum atomic E-state index is -2.95. The minimum Gasteiger partial charge on any atom is -0.324 e. The van der Waals surface area contributed by atoms with Gasteiger partial charge in [0, 0.05) is 35.2 Å². The van der Waals surface area contributed by atoms with Crippen molar-refractivity contribution in [1.82, 2.24) is 9.78 Å². The van der Waals surface area contributed by atoms with Gasteiger partial charge >= 0.3 is 0 Å². The summed E-state index contributed by atoms with van der Waals surface area (Å²) in [6, 6.07) is 9.27. The van der Waals surface area contributed by atoms with Crippen LogP contribution in [0.15, 0.2) is 58.0 Å². The number of thiophene rings is 1. The van der Waals surface area contributed by atoms with Crippen LogP contribution in [0.1, 0.15) is 25.5 Å². The Bertz CT molecular complexity index is 993. The molecule has 0 fully saturated rings. The molecular weight excluding hydrogens is 372 g/mol. The molecule has 0 saturated heterocycles. The second-order valence-corrected chi connectivity index (χ2v) is 6.92. The second-order valence-electron chi connectivity index (χ2n) is 6.14. The van der Waals surface area contributed by atoms with Crippen LogP contribution in [0.3, 0.4) is 0 Å². The Balaban J connectivity index is 1.79. The van der Waals surface area contributed by atoms with E-state index in [1.807, 2.05) is 16.8 Å². The summed E-state index contributed by atoms with van der Waals surface area (Å²) in [7, 11) is 0. The third kappa shape index (κ3) is 4.28. The number of nitrogens with zero attached hydrogens (tertiary/aromatic N) is 2. The van der Waals surface area contributed by atoms with Crippen LogP contribution in [0.4, 0.5) is 14.5 Å². The molecule has 0 spiro atoms. The summed E-state index contributed by atoms with van der Waals surface area (Å²) in [6.45, 7) is 2.36. The van der Waals surface area contributed by atoms with E-state index in [1.165, 1.54) is 41.7 Å². The SMILES string of the molecule is CC(C(=O)Nc1ccc(C(C)(F)F)cc1)n1nc(-c2ccsc2)ccc1=O. The van der Waals surface area contributed by atoms with E-state index < -0.39 is 23.4 Å². The Morgan fingerprint density at radius 1 is 1.19 bits per heavy atom. The molecule has 0 saturated carbocycles. The van der Waals surface area contributed by atoms with Gasteiger partial charge in [0.1, 0.15) is 6.04 Å². The zero-order chi connectivity index (χ0) is 19.6. The fourth-order valence-corrected chi connectivity index (χ4v) is 3.12. The van der Waals surface area contributed by atoms with Gasteiger partial charge in [0.2, 0.25) is 5.91 Å². The lowest BCUT2D eigenvalue weighted by Gasteiger charge is -2.15. The first-order valence-electron chi connectivity index (χ1n) is 8.17. The maximum absolute atomic E-state index is 13.3. The molecule has 1 amide bonds. The fourth-order valence-electron chi connectivity index (χ4n) is 2.47. The molecule has 5 nitrogen and oxygen atoms in total. The van der Waals surface area contributed by atoms with Crippen molar-refractivity contribution in [2.75, 3.05) is 5.32 Å². The molecule has 2 heterocycles. The lowest BCUT2D eigenvalue weighted by atomic mass is 10.1. The molecule has 0 aliphatic rings. The summed E-state index contributed by atoms with van der Waals surface area (Å²) in [5.41, 5.74) is 1.26. The van der Waals surface area contributed by atoms with Gasteiger partial charge in [-0.3, -0.25) is 9.59 Å². The summed E-state index contributed by atoms with van der Waals surface area (Å²) in [5, 5.41) is 10.7. The number of rotatable bonds is 5. The molecule has 0 aliphatic carbocycles. The average molecular weight is 389 g/mol. The van der Waals surface area contributed by atoms with Gasteiger partial charge in [-0.2, -0.15) is 16.4 Å². The number of benzene rings is 1. The molecule has 1 atom stereocenters. The molecule has 8 heteroatoms. The predicted octanol–water partition coefficient (Wildman–Crippen LogP) is 4.28. The molecule has 1 N–H and O–H groups in total. The smallest absolute Gasteiger partial charge is 0.270 e. The van der Waals surface area contributed by atoms with Gasteiger partial charge in [0.25, 0.3) is 11.5 Å². The lowest BCUT2D eigenvalue weighted by molar-refractivity contribution is -0.119. The highest BCUT2D eigenvalue weighted by atomic mass is 32.1. The van der Waals surface area contributed by atoms with Crippen LogP contribution >= 0.6 is 11.3 Å². The number of amides is 1. The molecule has 0 bridgehead atoms. The normalized spacial score (nSPS) is 12.6. The maximum Gasteiger partial charge on any atom is 0.270 e. The maximum atomic E-state index is 13.3. The largest absolute Gasteiger partial charge is 0.324 e. The first-order chi connectivity index (χ1) is 12.8. The number of carbonyl (C=O) groups excluding carboxylic acids is 1. The molecule has 1 unspecified atom stereocenters. The summed E-state index contributed by atoms with van der Waals surface area (Å²) < 4.78 is 27.6. The van der Waals surface area contributed by atoms with Crippen molar-refractivity contribution < 1.29 is 13.6 Å². The van der Waals surface area contributed by atoms with E-state index in [9.17, 15) is 18.4 Å². The first kappa shape index (κ1) is 18.9. The van der Waals surface area contributed by atoms with Crippen molar-refractivity contribution in [3.63, 3.8) is 0 Å². The Hall–Kier alpha value is -2.87. The van der Waals surface area contributed by atoms with Gasteiger partial charge in [-0.1, -0.05) is 12.1 Å². The molecule has 0 aliphatic heterocycles. The van der Waals surface area contributed by atoms with E-state index >= 15 is 0 Å². The highest BCUT2D eigenvalue weighted by Crippen LogP contribution is 2.27. The molecule has 3 aromatic rings. The number of anilines is 1. The van der Waals surface area contributed by atoms with Gasteiger partial charge in [0.15, 0.2) is 0 Å². The van der Waals surface area contributed by atoms with E-state index in [4.69, 9.17) is 0 Å². The molecule has 2 aromatic heterocycles. The third-order valence-corrected chi connectivity index (χ3v) is 4.73.